The standard InChI is InChI=1S/C6H3BrN2O4/c7-5-2-1-4(8(10)11)3-6(5)9(12)13/h1-3H/i1+1,2+1,3+1,4+1,5+1,6+1. The number of hydrogen-bond acceptors (Lipinski definition) is 4. The highest BCUT2D eigenvalue weighted by Gasteiger charge is 2.17. The summed E-state index contributed by atoms with van der Waals surface area (Å²) in [6, 6.07) is 3.37. The molecule has 0 saturated heterocycles. The van der Waals surface area contributed by atoms with Crippen LogP contribution < -0.4 is 0 Å². The van der Waals surface area contributed by atoms with Gasteiger partial charge in [0, 0.05) is 6.07 Å². The molecule has 0 unspecified atom stereocenters. The molecule has 7 heteroatoms. The summed E-state index contributed by atoms with van der Waals surface area (Å²) in [6.45, 7) is 0. The highest BCUT2D eigenvalue weighted by molar-refractivity contribution is 9.10. The van der Waals surface area contributed by atoms with E-state index in [0.29, 0.717) is 0 Å². The van der Waals surface area contributed by atoms with Crippen molar-refractivity contribution in [2.75, 3.05) is 0 Å². The van der Waals surface area contributed by atoms with Gasteiger partial charge in [0.2, 0.25) is 0 Å². The second-order valence-electron chi connectivity index (χ2n) is 2.15. The molecule has 1 rings (SSSR count). The van der Waals surface area contributed by atoms with Crippen LogP contribution in [0.1, 0.15) is 0 Å². The number of nitro groups is 2. The second-order valence-corrected chi connectivity index (χ2v) is 3.00. The molecule has 68 valence electrons. The van der Waals surface area contributed by atoms with Gasteiger partial charge in [-0.15, -0.1) is 0 Å². The Morgan fingerprint density at radius 1 is 1.15 bits per heavy atom. The first-order valence-electron chi connectivity index (χ1n) is 3.10. The highest BCUT2D eigenvalue weighted by atomic mass is 79.9. The first kappa shape index (κ1) is 9.59. The van der Waals surface area contributed by atoms with Crippen molar-refractivity contribution in [2.24, 2.45) is 0 Å². The highest BCUT2D eigenvalue weighted by Crippen LogP contribution is 2.28. The van der Waals surface area contributed by atoms with Gasteiger partial charge < -0.3 is 0 Å². The number of hydrogen-bond donors (Lipinski definition) is 0. The van der Waals surface area contributed by atoms with Gasteiger partial charge in [-0.2, -0.15) is 0 Å². The molecule has 13 heavy (non-hydrogen) atoms. The van der Waals surface area contributed by atoms with Crippen LogP contribution in [0.25, 0.3) is 0 Å². The molecule has 0 radical (unpaired) electrons. The summed E-state index contributed by atoms with van der Waals surface area (Å²) in [5, 5.41) is 20.6. The van der Waals surface area contributed by atoms with E-state index < -0.39 is 9.85 Å². The summed E-state index contributed by atoms with van der Waals surface area (Å²) < 4.78 is 0.225. The van der Waals surface area contributed by atoms with E-state index in [0.717, 1.165) is 6.07 Å². The molecule has 0 spiro atoms. The molecule has 0 aliphatic carbocycles. The lowest BCUT2D eigenvalue weighted by molar-refractivity contribution is -0.394. The Morgan fingerprint density at radius 2 is 1.77 bits per heavy atom. The normalized spacial score (nSPS) is 9.62. The van der Waals surface area contributed by atoms with Gasteiger partial charge in [-0.05, 0) is 22.0 Å². The Bertz CT molecular complexity index is 379. The lowest BCUT2D eigenvalue weighted by atomic mass is 11.2. The van der Waals surface area contributed by atoms with E-state index in [-0.39, 0.29) is 15.8 Å². The van der Waals surface area contributed by atoms with Gasteiger partial charge in [-0.3, -0.25) is 20.2 Å². The van der Waals surface area contributed by atoms with E-state index in [9.17, 15) is 20.2 Å². The summed E-state index contributed by atoms with van der Waals surface area (Å²) in [6.07, 6.45) is 0. The van der Waals surface area contributed by atoms with Gasteiger partial charge in [0.1, 0.15) is 0 Å². The van der Waals surface area contributed by atoms with Gasteiger partial charge in [-0.1, -0.05) is 0 Å². The zero-order chi connectivity index (χ0) is 10.0. The molecule has 0 bridgehead atoms. The molecule has 0 N–H and O–H groups in total. The summed E-state index contributed by atoms with van der Waals surface area (Å²) in [5.74, 6) is 0. The summed E-state index contributed by atoms with van der Waals surface area (Å²) in [7, 11) is 0. The van der Waals surface area contributed by atoms with Gasteiger partial charge in [-0.25, -0.2) is 0 Å². The van der Waals surface area contributed by atoms with E-state index in [4.69, 9.17) is 0 Å². The maximum Gasteiger partial charge on any atom is 0.290 e. The molecule has 0 amide bonds. The Hall–Kier alpha value is -1.50. The van der Waals surface area contributed by atoms with Crippen LogP contribution in [0.3, 0.4) is 0 Å². The third-order valence-corrected chi connectivity index (χ3v) is 2.01. The number of rotatable bonds is 2. The zero-order valence-corrected chi connectivity index (χ0v) is 7.72. The molecule has 0 aliphatic heterocycles. The van der Waals surface area contributed by atoms with Crippen LogP contribution in [0.5, 0.6) is 0 Å². The number of halogens is 1. The molecule has 1 aromatic carbocycles. The molecule has 0 aromatic heterocycles. The van der Waals surface area contributed by atoms with Crippen LogP contribution in [-0.4, -0.2) is 9.85 Å². The predicted molar refractivity (Wildman–Crippen MR) is 47.5 cm³/mol. The van der Waals surface area contributed by atoms with E-state index in [2.05, 4.69) is 15.9 Å². The van der Waals surface area contributed by atoms with Crippen molar-refractivity contribution in [3.8, 4) is 0 Å². The van der Waals surface area contributed by atoms with Crippen LogP contribution >= 0.6 is 15.9 Å². The first-order chi connectivity index (χ1) is 6.02. The fourth-order valence-corrected chi connectivity index (χ4v) is 1.15. The first-order valence-corrected chi connectivity index (χ1v) is 3.90. The average Bonchev–Trinajstić information content (AvgIpc) is 2.04. The van der Waals surface area contributed by atoms with Crippen molar-refractivity contribution in [2.45, 2.75) is 0 Å². The minimum absolute atomic E-state index is 0.225. The smallest absolute Gasteiger partial charge is 0.258 e. The fraction of sp³-hybridized carbons (Fsp3) is 0. The molecule has 0 saturated carbocycles. The lowest BCUT2D eigenvalue weighted by Crippen LogP contribution is -1.92. The lowest BCUT2D eigenvalue weighted by Gasteiger charge is -1.94. The van der Waals surface area contributed by atoms with E-state index >= 15 is 0 Å². The van der Waals surface area contributed by atoms with Crippen LogP contribution in [0.2, 0.25) is 0 Å². The minimum Gasteiger partial charge on any atom is -0.258 e. The number of nitro benzene ring substituents is 2. The predicted octanol–water partition coefficient (Wildman–Crippen LogP) is 2.27. The van der Waals surface area contributed by atoms with Crippen molar-refractivity contribution >= 4 is 27.3 Å². The van der Waals surface area contributed by atoms with Crippen molar-refractivity contribution in [1.29, 1.82) is 0 Å². The van der Waals surface area contributed by atoms with Gasteiger partial charge in [0.25, 0.3) is 11.4 Å². The number of nitrogens with zero attached hydrogens (tertiary/aromatic N) is 2. The third kappa shape index (κ3) is 2.00. The van der Waals surface area contributed by atoms with Crippen molar-refractivity contribution in [1.82, 2.24) is 0 Å². The molecule has 0 heterocycles. The Morgan fingerprint density at radius 3 is 2.23 bits per heavy atom. The summed E-state index contributed by atoms with van der Waals surface area (Å²) >= 11 is 2.92. The molecular weight excluding hydrogens is 250 g/mol. The van der Waals surface area contributed by atoms with Crippen molar-refractivity contribution < 1.29 is 9.85 Å². The molecular formula is C6H3BrN2O4. The van der Waals surface area contributed by atoms with Gasteiger partial charge >= 0.3 is 0 Å². The third-order valence-electron chi connectivity index (χ3n) is 1.34. The van der Waals surface area contributed by atoms with Crippen LogP contribution in [-0.2, 0) is 0 Å². The van der Waals surface area contributed by atoms with Crippen LogP contribution in [0.15, 0.2) is 22.7 Å². The van der Waals surface area contributed by atoms with Crippen molar-refractivity contribution in [3.63, 3.8) is 0 Å². The van der Waals surface area contributed by atoms with E-state index in [1.807, 2.05) is 0 Å². The second kappa shape index (κ2) is 3.48. The summed E-state index contributed by atoms with van der Waals surface area (Å²) in [4.78, 5) is 19.2. The summed E-state index contributed by atoms with van der Waals surface area (Å²) in [5.41, 5.74) is -0.607. The fourth-order valence-electron chi connectivity index (χ4n) is 0.755. The quantitative estimate of drug-likeness (QED) is 0.597. The molecule has 1 aromatic rings. The average molecular weight is 253 g/mol. The largest absolute Gasteiger partial charge is 0.290 e. The maximum absolute atomic E-state index is 10.3. The van der Waals surface area contributed by atoms with Crippen LogP contribution in [0, 0.1) is 20.2 Å². The number of non-ortho nitro benzene ring substituents is 1. The van der Waals surface area contributed by atoms with Gasteiger partial charge in [0.15, 0.2) is 0 Å². The van der Waals surface area contributed by atoms with Crippen molar-refractivity contribution in [3.05, 3.63) is 42.9 Å². The minimum atomic E-state index is -0.683. The monoisotopic (exact) mass is 252 g/mol. The topological polar surface area (TPSA) is 86.3 Å². The SMILES string of the molecule is O=[N+]([O-])[13c]1[13cH][13cH][13c](Br)[13c]([N+](=O)[O-])[13cH]1. The number of benzene rings is 1. The zero-order valence-electron chi connectivity index (χ0n) is 6.14. The van der Waals surface area contributed by atoms with Gasteiger partial charge in [0.05, 0.1) is 20.4 Å². The molecule has 0 atom stereocenters. The Labute approximate surface area is 80.6 Å². The molecule has 0 fully saturated rings. The van der Waals surface area contributed by atoms with E-state index in [1.165, 1.54) is 12.1 Å². The molecule has 6 nitrogen and oxygen atoms in total. The Kier molecular flexibility index (Phi) is 2.57. The maximum atomic E-state index is 10.3. The Balaban J connectivity index is 3.27. The molecule has 0 aliphatic rings. The van der Waals surface area contributed by atoms with E-state index in [1.54, 1.807) is 0 Å². The van der Waals surface area contributed by atoms with Crippen LogP contribution in [0.4, 0.5) is 11.4 Å².